The van der Waals surface area contributed by atoms with Crippen molar-refractivity contribution >= 4 is 71.3 Å². The first kappa shape index (κ1) is 26.4. The molecule has 10 rings (SSSR count). The van der Waals surface area contributed by atoms with Crippen LogP contribution in [0.15, 0.2) is 156 Å². The molecular weight excluding hydrogens is 571 g/mol. The molecule has 1 aromatic heterocycles. The second-order valence-electron chi connectivity index (χ2n) is 13.4. The first-order valence-electron chi connectivity index (χ1n) is 16.3. The van der Waals surface area contributed by atoms with Crippen molar-refractivity contribution in [3.8, 4) is 11.1 Å². The maximum Gasteiger partial charge on any atom is 0.135 e. The van der Waals surface area contributed by atoms with E-state index >= 15 is 0 Å². The molecule has 1 heterocycles. The molecule has 0 N–H and O–H groups in total. The van der Waals surface area contributed by atoms with Crippen LogP contribution in [-0.4, -0.2) is 0 Å². The van der Waals surface area contributed by atoms with Crippen LogP contribution in [0.2, 0.25) is 0 Å². The molecule has 0 atom stereocenters. The Labute approximate surface area is 273 Å². The smallest absolute Gasteiger partial charge is 0.135 e. The van der Waals surface area contributed by atoms with Crippen molar-refractivity contribution in [1.29, 1.82) is 0 Å². The van der Waals surface area contributed by atoms with Crippen LogP contribution in [0.4, 0.5) is 17.1 Å². The third-order valence-electron chi connectivity index (χ3n) is 10.4. The van der Waals surface area contributed by atoms with E-state index in [2.05, 4.69) is 158 Å². The maximum absolute atomic E-state index is 6.24. The Morgan fingerprint density at radius 1 is 0.404 bits per heavy atom. The van der Waals surface area contributed by atoms with Gasteiger partial charge >= 0.3 is 0 Å². The number of furan rings is 1. The molecule has 2 heteroatoms. The van der Waals surface area contributed by atoms with Gasteiger partial charge in [0.05, 0.1) is 0 Å². The summed E-state index contributed by atoms with van der Waals surface area (Å²) in [6, 6.07) is 55.4. The van der Waals surface area contributed by atoms with Gasteiger partial charge < -0.3 is 9.32 Å². The fourth-order valence-corrected chi connectivity index (χ4v) is 8.08. The van der Waals surface area contributed by atoms with E-state index in [1.165, 1.54) is 54.6 Å². The molecule has 0 radical (unpaired) electrons. The summed E-state index contributed by atoms with van der Waals surface area (Å²) in [5, 5.41) is 9.83. The number of fused-ring (bicyclic) bond motifs is 11. The van der Waals surface area contributed by atoms with Gasteiger partial charge in [0.1, 0.15) is 11.2 Å². The molecule has 0 aliphatic heterocycles. The van der Waals surface area contributed by atoms with Crippen LogP contribution in [-0.2, 0) is 5.41 Å². The zero-order chi connectivity index (χ0) is 31.3. The molecule has 47 heavy (non-hydrogen) atoms. The fourth-order valence-electron chi connectivity index (χ4n) is 8.08. The van der Waals surface area contributed by atoms with Crippen molar-refractivity contribution < 1.29 is 4.42 Å². The fraction of sp³-hybridized carbons (Fsp3) is 0.0667. The monoisotopic (exact) mass is 601 g/mol. The summed E-state index contributed by atoms with van der Waals surface area (Å²) in [7, 11) is 0. The van der Waals surface area contributed by atoms with Crippen LogP contribution in [0.3, 0.4) is 0 Å². The first-order chi connectivity index (χ1) is 23.0. The topological polar surface area (TPSA) is 16.4 Å². The lowest BCUT2D eigenvalue weighted by molar-refractivity contribution is 0.660. The summed E-state index contributed by atoms with van der Waals surface area (Å²) in [4.78, 5) is 2.42. The maximum atomic E-state index is 6.24. The number of benzene rings is 8. The van der Waals surface area contributed by atoms with Crippen LogP contribution >= 0.6 is 0 Å². The van der Waals surface area contributed by atoms with E-state index in [0.717, 1.165) is 39.0 Å². The van der Waals surface area contributed by atoms with Crippen molar-refractivity contribution in [2.24, 2.45) is 0 Å². The Balaban J connectivity index is 1.23. The summed E-state index contributed by atoms with van der Waals surface area (Å²) >= 11 is 0. The molecule has 0 saturated carbocycles. The molecule has 8 aromatic carbocycles. The van der Waals surface area contributed by atoms with E-state index in [1.807, 2.05) is 12.1 Å². The number of rotatable bonds is 3. The van der Waals surface area contributed by atoms with Gasteiger partial charge in [-0.15, -0.1) is 0 Å². The van der Waals surface area contributed by atoms with Crippen LogP contribution < -0.4 is 4.90 Å². The zero-order valence-corrected chi connectivity index (χ0v) is 26.3. The standard InChI is InChI=1S/C45H31NO/c1-45(2)41-13-7-5-11-36(41)37-23-19-32(27-42(37)45)46(31-20-24-44-40(26-31)38-12-6-8-14-43(38)47-44)30-18-15-29-17-21-34-33-10-4-3-9-28(33)16-22-35(34)39(29)25-30/h3-27H,1-2H3. The van der Waals surface area contributed by atoms with Crippen molar-refractivity contribution in [2.75, 3.05) is 4.90 Å². The van der Waals surface area contributed by atoms with Crippen LogP contribution in [0.25, 0.3) is 65.4 Å². The minimum atomic E-state index is -0.0982. The SMILES string of the molecule is CC1(C)c2ccccc2-c2ccc(N(c3ccc4ccc5c6ccccc6ccc5c4c3)c3ccc4oc5ccccc5c4c3)cc21. The molecule has 0 unspecified atom stereocenters. The zero-order valence-electron chi connectivity index (χ0n) is 26.3. The van der Waals surface area contributed by atoms with E-state index in [-0.39, 0.29) is 5.41 Å². The molecule has 1 aliphatic carbocycles. The minimum Gasteiger partial charge on any atom is -0.456 e. The highest BCUT2D eigenvalue weighted by molar-refractivity contribution is 6.18. The second-order valence-corrected chi connectivity index (χ2v) is 13.4. The highest BCUT2D eigenvalue weighted by Gasteiger charge is 2.35. The van der Waals surface area contributed by atoms with E-state index in [4.69, 9.17) is 4.42 Å². The number of hydrogen-bond donors (Lipinski definition) is 0. The van der Waals surface area contributed by atoms with Crippen LogP contribution in [0.5, 0.6) is 0 Å². The average Bonchev–Trinajstić information content (AvgIpc) is 3.60. The predicted molar refractivity (Wildman–Crippen MR) is 198 cm³/mol. The molecular formula is C45H31NO. The minimum absolute atomic E-state index is 0.0982. The van der Waals surface area contributed by atoms with Crippen molar-refractivity contribution in [2.45, 2.75) is 19.3 Å². The molecule has 9 aromatic rings. The van der Waals surface area contributed by atoms with Gasteiger partial charge in [0, 0.05) is 33.2 Å². The Hall–Kier alpha value is -5.86. The number of hydrogen-bond acceptors (Lipinski definition) is 2. The first-order valence-corrected chi connectivity index (χ1v) is 16.3. The van der Waals surface area contributed by atoms with Gasteiger partial charge in [-0.3, -0.25) is 0 Å². The Kier molecular flexibility index (Phi) is 5.37. The normalized spacial score (nSPS) is 13.5. The van der Waals surface area contributed by atoms with Gasteiger partial charge in [0.25, 0.3) is 0 Å². The quantitative estimate of drug-likeness (QED) is 0.187. The number of para-hydroxylation sites is 1. The second kappa shape index (κ2) is 9.57. The Morgan fingerprint density at radius 2 is 0.979 bits per heavy atom. The van der Waals surface area contributed by atoms with Gasteiger partial charge in [0.15, 0.2) is 0 Å². The third kappa shape index (κ3) is 3.79. The summed E-state index contributed by atoms with van der Waals surface area (Å²) < 4.78 is 6.24. The van der Waals surface area contributed by atoms with Crippen LogP contribution in [0.1, 0.15) is 25.0 Å². The lowest BCUT2D eigenvalue weighted by atomic mass is 9.82. The average molecular weight is 602 g/mol. The van der Waals surface area contributed by atoms with Gasteiger partial charge in [-0.25, -0.2) is 0 Å². The Morgan fingerprint density at radius 3 is 1.85 bits per heavy atom. The Bertz CT molecular complexity index is 2730. The highest BCUT2D eigenvalue weighted by Crippen LogP contribution is 2.51. The van der Waals surface area contributed by atoms with Crippen molar-refractivity contribution in [3.05, 3.63) is 163 Å². The number of anilines is 3. The molecule has 2 nitrogen and oxygen atoms in total. The third-order valence-corrected chi connectivity index (χ3v) is 10.4. The van der Waals surface area contributed by atoms with E-state index in [0.29, 0.717) is 0 Å². The van der Waals surface area contributed by atoms with Gasteiger partial charge in [-0.05, 0) is 103 Å². The summed E-state index contributed by atoms with van der Waals surface area (Å²) in [5.41, 5.74) is 10.5. The van der Waals surface area contributed by atoms with E-state index < -0.39 is 0 Å². The van der Waals surface area contributed by atoms with Crippen LogP contribution in [0, 0.1) is 0 Å². The van der Waals surface area contributed by atoms with E-state index in [1.54, 1.807) is 0 Å². The van der Waals surface area contributed by atoms with Gasteiger partial charge in [0.2, 0.25) is 0 Å². The number of nitrogens with zero attached hydrogens (tertiary/aromatic N) is 1. The molecule has 0 fully saturated rings. The lowest BCUT2D eigenvalue weighted by Crippen LogP contribution is -2.16. The molecule has 0 amide bonds. The van der Waals surface area contributed by atoms with Gasteiger partial charge in [-0.2, -0.15) is 0 Å². The lowest BCUT2D eigenvalue weighted by Gasteiger charge is -2.28. The van der Waals surface area contributed by atoms with Crippen molar-refractivity contribution in [3.63, 3.8) is 0 Å². The molecule has 222 valence electrons. The summed E-state index contributed by atoms with van der Waals surface area (Å²) in [6.45, 7) is 4.70. The van der Waals surface area contributed by atoms with Gasteiger partial charge in [-0.1, -0.05) is 117 Å². The largest absolute Gasteiger partial charge is 0.456 e. The van der Waals surface area contributed by atoms with E-state index in [9.17, 15) is 0 Å². The molecule has 0 bridgehead atoms. The van der Waals surface area contributed by atoms with Crippen molar-refractivity contribution in [1.82, 2.24) is 0 Å². The summed E-state index contributed by atoms with van der Waals surface area (Å²) in [5.74, 6) is 0. The molecule has 0 saturated heterocycles. The summed E-state index contributed by atoms with van der Waals surface area (Å²) in [6.07, 6.45) is 0. The predicted octanol–water partition coefficient (Wildman–Crippen LogP) is 12.8. The molecule has 1 aliphatic rings. The molecule has 0 spiro atoms. The highest BCUT2D eigenvalue weighted by atomic mass is 16.3.